The second-order valence-electron chi connectivity index (χ2n) is 17.5. The number of pyridine rings is 1. The summed E-state index contributed by atoms with van der Waals surface area (Å²) in [7, 11) is 3.09. The first-order valence-electron chi connectivity index (χ1n) is 31.5. The van der Waals surface area contributed by atoms with Gasteiger partial charge in [0, 0.05) is 20.2 Å². The lowest BCUT2D eigenvalue weighted by Crippen LogP contribution is -2.24. The molecule has 4 aliphatic rings. The van der Waals surface area contributed by atoms with Crippen molar-refractivity contribution in [3.8, 4) is 23.4 Å². The lowest BCUT2D eigenvalue weighted by atomic mass is 9.73. The van der Waals surface area contributed by atoms with Gasteiger partial charge in [-0.15, -0.1) is 0 Å². The Morgan fingerprint density at radius 2 is 0.654 bits per heavy atom. The molecule has 0 aliphatic heterocycles. The van der Waals surface area contributed by atoms with Crippen molar-refractivity contribution < 1.29 is 19.1 Å². The van der Waals surface area contributed by atoms with Crippen LogP contribution in [0.15, 0.2) is 79.3 Å². The van der Waals surface area contributed by atoms with Crippen LogP contribution in [0.3, 0.4) is 0 Å². The third-order valence-corrected chi connectivity index (χ3v) is 12.7. The van der Waals surface area contributed by atoms with Gasteiger partial charge in [0.25, 0.3) is 0 Å². The topological polar surface area (TPSA) is 139 Å². The molecular formula is C67H121N7O4. The molecule has 78 heavy (non-hydrogen) atoms. The summed E-state index contributed by atoms with van der Waals surface area (Å²) in [5.41, 5.74) is 3.43. The van der Waals surface area contributed by atoms with Gasteiger partial charge < -0.3 is 30.7 Å². The number of rotatable bonds is 8. The van der Waals surface area contributed by atoms with Crippen LogP contribution in [-0.4, -0.2) is 41.1 Å². The molecule has 4 amide bonds. The Morgan fingerprint density at radius 1 is 0.372 bits per heavy atom. The van der Waals surface area contributed by atoms with Gasteiger partial charge in [0.2, 0.25) is 5.88 Å². The van der Waals surface area contributed by atoms with E-state index in [1.807, 2.05) is 173 Å². The van der Waals surface area contributed by atoms with Crippen molar-refractivity contribution in [1.29, 1.82) is 0 Å². The van der Waals surface area contributed by atoms with E-state index in [2.05, 4.69) is 36.2 Å². The second-order valence-corrected chi connectivity index (χ2v) is 17.5. The summed E-state index contributed by atoms with van der Waals surface area (Å²) in [5.74, 6) is 6.42. The van der Waals surface area contributed by atoms with E-state index in [-0.39, 0.29) is 18.1 Å². The standard InChI is InChI=1S/C14H15N3O2.C13H14N4O2.2C12H22.8C2H6/c1-10-3-6-12(7-4-10)19-13-8-5-11(9-16-13)17-14(18)15-2;1-9-3-5-11(6-4-9)19-13-15-7-10(8-16-13)17-12(18)14-2;2*1-3-7-11(8-4-1)12-9-5-2-6-10-12;8*1-2/h3-9H,1-2H3,(H2,15,17,18);3-8H,1-2H3,(H2,14,17,18);2*11-12H,1-10H2;8*1-2H3. The number of carbonyl (C=O) groups is 2. The molecule has 8 rings (SSSR count). The number of anilines is 2. The molecule has 4 saturated carbocycles. The second kappa shape index (κ2) is 58.0. The van der Waals surface area contributed by atoms with Crippen molar-refractivity contribution in [2.45, 2.75) is 253 Å². The molecular weight excluding hydrogens is 967 g/mol. The fourth-order valence-corrected chi connectivity index (χ4v) is 9.20. The number of benzene rings is 2. The highest BCUT2D eigenvalue weighted by molar-refractivity contribution is 5.89. The SMILES string of the molecule is C1CCC(C2CCCCC2)CC1.C1CCC(C2CCCCC2)CC1.CC.CC.CC.CC.CC.CC.CC.CC.CNC(=O)Nc1ccc(Oc2ccc(C)cc2)nc1.CNC(=O)Nc1cnc(Oc2ccc(C)cc2)nc1. The zero-order valence-electron chi connectivity index (χ0n) is 53.9. The van der Waals surface area contributed by atoms with Crippen LogP contribution < -0.4 is 30.7 Å². The van der Waals surface area contributed by atoms with Crippen LogP contribution in [0.25, 0.3) is 0 Å². The fraction of sp³-hybridized carbons (Fsp3) is 0.657. The molecule has 0 spiro atoms. The minimum Gasteiger partial charge on any atom is -0.439 e. The van der Waals surface area contributed by atoms with E-state index in [1.54, 1.807) is 76.7 Å². The molecule has 4 fully saturated rings. The van der Waals surface area contributed by atoms with Crippen LogP contribution in [0.1, 0.15) is 250 Å². The summed E-state index contributed by atoms with van der Waals surface area (Å²) in [5, 5.41) is 10.1. The molecule has 0 atom stereocenters. The van der Waals surface area contributed by atoms with Crippen molar-refractivity contribution in [3.05, 3.63) is 90.4 Å². The maximum Gasteiger partial charge on any atom is 0.322 e. The Bertz CT molecular complexity index is 1670. The monoisotopic (exact) mass is 1090 g/mol. The number of carbonyl (C=O) groups excluding carboxylic acids is 2. The molecule has 448 valence electrons. The van der Waals surface area contributed by atoms with Crippen LogP contribution in [-0.2, 0) is 0 Å². The Labute approximate surface area is 481 Å². The number of urea groups is 2. The summed E-state index contributed by atoms with van der Waals surface area (Å²) >= 11 is 0. The number of hydrogen-bond acceptors (Lipinski definition) is 7. The first kappa shape index (κ1) is 79.3. The van der Waals surface area contributed by atoms with Gasteiger partial charge >= 0.3 is 18.1 Å². The molecule has 2 aromatic carbocycles. The Balaban J connectivity index is -0.000000436. The van der Waals surface area contributed by atoms with Gasteiger partial charge in [-0.2, -0.15) is 0 Å². The molecule has 2 heterocycles. The number of nitrogens with one attached hydrogen (secondary N) is 4. The van der Waals surface area contributed by atoms with Gasteiger partial charge in [-0.1, -0.05) is 275 Å². The third kappa shape index (κ3) is 38.4. The number of aromatic nitrogens is 3. The molecule has 11 heteroatoms. The first-order valence-corrected chi connectivity index (χ1v) is 31.5. The molecule has 4 aliphatic carbocycles. The normalized spacial score (nSPS) is 14.3. The Hall–Kier alpha value is -5.19. The van der Waals surface area contributed by atoms with E-state index < -0.39 is 0 Å². The number of amides is 4. The van der Waals surface area contributed by atoms with E-state index in [9.17, 15) is 9.59 Å². The van der Waals surface area contributed by atoms with Crippen molar-refractivity contribution in [2.75, 3.05) is 24.7 Å². The summed E-state index contributed by atoms with van der Waals surface area (Å²) in [6.07, 6.45) is 35.3. The lowest BCUT2D eigenvalue weighted by Gasteiger charge is -2.32. The highest BCUT2D eigenvalue weighted by Crippen LogP contribution is 2.39. The largest absolute Gasteiger partial charge is 0.439 e. The van der Waals surface area contributed by atoms with E-state index >= 15 is 0 Å². The van der Waals surface area contributed by atoms with E-state index in [0.717, 1.165) is 35.0 Å². The molecule has 0 bridgehead atoms. The Kier molecular flexibility index (Phi) is 58.9. The van der Waals surface area contributed by atoms with Gasteiger partial charge in [0.1, 0.15) is 11.5 Å². The zero-order valence-corrected chi connectivity index (χ0v) is 53.9. The van der Waals surface area contributed by atoms with Crippen LogP contribution in [0.4, 0.5) is 21.0 Å². The number of nitrogens with zero attached hydrogens (tertiary/aromatic N) is 3. The van der Waals surface area contributed by atoms with Crippen LogP contribution in [0.2, 0.25) is 0 Å². The average Bonchev–Trinajstić information content (AvgIpc) is 3.54. The highest BCUT2D eigenvalue weighted by atomic mass is 16.5. The molecule has 11 nitrogen and oxygen atoms in total. The van der Waals surface area contributed by atoms with Gasteiger partial charge in [-0.25, -0.2) is 24.5 Å². The van der Waals surface area contributed by atoms with Gasteiger partial charge in [-0.05, 0) is 67.9 Å². The smallest absolute Gasteiger partial charge is 0.322 e. The molecule has 2 aromatic heterocycles. The minimum absolute atomic E-state index is 0.228. The number of hydrogen-bond donors (Lipinski definition) is 4. The number of aryl methyl sites for hydroxylation is 2. The van der Waals surface area contributed by atoms with Crippen LogP contribution >= 0.6 is 0 Å². The average molecular weight is 1090 g/mol. The summed E-state index contributed by atoms with van der Waals surface area (Å²) in [6.45, 7) is 36.0. The molecule has 0 radical (unpaired) electrons. The van der Waals surface area contributed by atoms with Gasteiger partial charge in [-0.3, -0.25) is 0 Å². The lowest BCUT2D eigenvalue weighted by molar-refractivity contribution is 0.196. The van der Waals surface area contributed by atoms with Gasteiger partial charge in [0.05, 0.1) is 30.0 Å². The van der Waals surface area contributed by atoms with Crippen molar-refractivity contribution in [3.63, 3.8) is 0 Å². The molecule has 4 aromatic rings. The fourth-order valence-electron chi connectivity index (χ4n) is 9.20. The summed E-state index contributed by atoms with van der Waals surface area (Å²) in [6, 6.07) is 18.3. The van der Waals surface area contributed by atoms with Crippen LogP contribution in [0.5, 0.6) is 23.4 Å². The Morgan fingerprint density at radius 3 is 0.936 bits per heavy atom. The van der Waals surface area contributed by atoms with E-state index in [4.69, 9.17) is 9.47 Å². The molecule has 0 saturated heterocycles. The van der Waals surface area contributed by atoms with E-state index in [0.29, 0.717) is 23.0 Å². The summed E-state index contributed by atoms with van der Waals surface area (Å²) in [4.78, 5) is 34.3. The van der Waals surface area contributed by atoms with Crippen molar-refractivity contribution in [1.82, 2.24) is 25.6 Å². The minimum atomic E-state index is -0.323. The zero-order chi connectivity index (χ0) is 59.8. The van der Waals surface area contributed by atoms with E-state index in [1.165, 1.54) is 102 Å². The molecule has 4 N–H and O–H groups in total. The van der Waals surface area contributed by atoms with Gasteiger partial charge in [0.15, 0.2) is 0 Å². The first-order chi connectivity index (χ1) is 38.3. The maximum absolute atomic E-state index is 11.1. The quantitative estimate of drug-likeness (QED) is 0.138. The summed E-state index contributed by atoms with van der Waals surface area (Å²) < 4.78 is 11.0. The number of ether oxygens (including phenoxy) is 2. The maximum atomic E-state index is 11.1. The molecule has 0 unspecified atom stereocenters. The van der Waals surface area contributed by atoms with Crippen molar-refractivity contribution >= 4 is 23.4 Å². The predicted molar refractivity (Wildman–Crippen MR) is 342 cm³/mol. The van der Waals surface area contributed by atoms with Crippen LogP contribution in [0, 0.1) is 37.5 Å². The van der Waals surface area contributed by atoms with Crippen molar-refractivity contribution in [2.24, 2.45) is 23.7 Å². The highest BCUT2D eigenvalue weighted by Gasteiger charge is 2.25. The third-order valence-electron chi connectivity index (χ3n) is 12.7. The predicted octanol–water partition coefficient (Wildman–Crippen LogP) is 21.8.